The van der Waals surface area contributed by atoms with Gasteiger partial charge in [0, 0.05) is 36.3 Å². The molecule has 0 radical (unpaired) electrons. The third-order valence-electron chi connectivity index (χ3n) is 6.12. The van der Waals surface area contributed by atoms with E-state index in [1.54, 1.807) is 22.8 Å². The van der Waals surface area contributed by atoms with Crippen molar-refractivity contribution in [3.05, 3.63) is 68.2 Å². The number of likely N-dealkylation sites (tertiary alicyclic amines) is 1. The summed E-state index contributed by atoms with van der Waals surface area (Å²) in [6.07, 6.45) is 4.00. The first-order valence-corrected chi connectivity index (χ1v) is 10.4. The molecule has 0 spiro atoms. The molecule has 0 bridgehead atoms. The maximum atomic E-state index is 13.0. The lowest BCUT2D eigenvalue weighted by Gasteiger charge is -2.31. The molecular weight excluding hydrogens is 373 g/mol. The lowest BCUT2D eigenvalue weighted by Crippen LogP contribution is -2.41. The molecule has 6 nitrogen and oxygen atoms in total. The minimum atomic E-state index is -0.335. The number of Topliss-reactive ketones (excluding diaryl/α,β-unsaturated/α-hetero) is 1. The van der Waals surface area contributed by atoms with Gasteiger partial charge in [0.05, 0.1) is 0 Å². The lowest BCUT2D eigenvalue weighted by molar-refractivity contribution is 0.0838. The molecule has 0 N–H and O–H groups in total. The van der Waals surface area contributed by atoms with E-state index in [9.17, 15) is 18.8 Å². The molecule has 1 fully saturated rings. The first-order valence-electron chi connectivity index (χ1n) is 10.4. The van der Waals surface area contributed by atoms with Crippen LogP contribution in [0.15, 0.2) is 39.9 Å². The van der Waals surface area contributed by atoms with Crippen LogP contribution in [0.25, 0.3) is 0 Å². The average Bonchev–Trinajstić information content (AvgIpc) is 3.19. The Hall–Kier alpha value is -2.54. The summed E-state index contributed by atoms with van der Waals surface area (Å²) in [6, 6.07) is 7.35. The summed E-state index contributed by atoms with van der Waals surface area (Å²) >= 11 is 0. The Balaban J connectivity index is 1.28. The number of aryl methyl sites for hydroxylation is 1. The average molecular weight is 399 g/mol. The van der Waals surface area contributed by atoms with E-state index in [-0.39, 0.29) is 28.8 Å². The van der Waals surface area contributed by atoms with Gasteiger partial charge >= 0.3 is 5.69 Å². The van der Waals surface area contributed by atoms with Crippen LogP contribution in [0.3, 0.4) is 0 Å². The van der Waals surface area contributed by atoms with E-state index in [1.165, 1.54) is 16.7 Å². The molecule has 0 atom stereocenters. The Bertz CT molecular complexity index is 1000. The topological polar surface area (TPSA) is 64.3 Å². The number of carbonyl (C=O) groups excluding carboxylic acids is 1. The van der Waals surface area contributed by atoms with E-state index in [0.29, 0.717) is 18.7 Å². The molecule has 7 heteroatoms. The number of fused-ring (bicyclic) bond motifs is 1. The number of carbonyl (C=O) groups is 1. The van der Waals surface area contributed by atoms with Gasteiger partial charge in [0.15, 0.2) is 5.78 Å². The van der Waals surface area contributed by atoms with Gasteiger partial charge in [0.25, 0.3) is 5.56 Å². The first-order chi connectivity index (χ1) is 14.0. The van der Waals surface area contributed by atoms with Crippen molar-refractivity contribution in [1.29, 1.82) is 0 Å². The Morgan fingerprint density at radius 2 is 1.76 bits per heavy atom. The lowest BCUT2D eigenvalue weighted by atomic mass is 9.89. The molecule has 4 rings (SSSR count). The highest BCUT2D eigenvalue weighted by Crippen LogP contribution is 2.22. The molecule has 1 aromatic carbocycles. The predicted octanol–water partition coefficient (Wildman–Crippen LogP) is 2.08. The van der Waals surface area contributed by atoms with Crippen molar-refractivity contribution in [2.75, 3.05) is 19.6 Å². The van der Waals surface area contributed by atoms with Gasteiger partial charge < -0.3 is 4.90 Å². The van der Waals surface area contributed by atoms with Crippen LogP contribution in [0, 0.1) is 11.7 Å². The summed E-state index contributed by atoms with van der Waals surface area (Å²) in [5, 5.41) is 0. The summed E-state index contributed by atoms with van der Waals surface area (Å²) in [5.74, 6) is -0.276. The largest absolute Gasteiger partial charge is 0.331 e. The molecule has 1 aromatic heterocycles. The maximum absolute atomic E-state index is 13.0. The van der Waals surface area contributed by atoms with Crippen molar-refractivity contribution in [2.24, 2.45) is 5.92 Å². The van der Waals surface area contributed by atoms with Gasteiger partial charge in [-0.1, -0.05) is 0 Å². The standard InChI is InChI=1S/C22H26FN3O3/c23-18-6-4-16(5-7-18)21(28)17-8-13-24(14-9-17)10-2-12-26-20(27)15-19-3-1-11-25(19)22(26)29/h4-7,15,17H,1-3,8-14H2. The van der Waals surface area contributed by atoms with Crippen LogP contribution in [0.4, 0.5) is 4.39 Å². The highest BCUT2D eigenvalue weighted by atomic mass is 19.1. The second kappa shape index (κ2) is 8.45. The van der Waals surface area contributed by atoms with Gasteiger partial charge in [0.2, 0.25) is 0 Å². The third kappa shape index (κ3) is 4.24. The van der Waals surface area contributed by atoms with Crippen LogP contribution >= 0.6 is 0 Å². The number of nitrogens with zero attached hydrogens (tertiary/aromatic N) is 3. The van der Waals surface area contributed by atoms with Crippen molar-refractivity contribution in [2.45, 2.75) is 45.2 Å². The second-order valence-corrected chi connectivity index (χ2v) is 8.00. The number of piperidine rings is 1. The van der Waals surface area contributed by atoms with Gasteiger partial charge in [0.1, 0.15) is 5.82 Å². The molecule has 0 unspecified atom stereocenters. The molecule has 29 heavy (non-hydrogen) atoms. The Morgan fingerprint density at radius 1 is 1.03 bits per heavy atom. The quantitative estimate of drug-likeness (QED) is 0.698. The number of aromatic nitrogens is 2. The third-order valence-corrected chi connectivity index (χ3v) is 6.12. The molecule has 0 amide bonds. The van der Waals surface area contributed by atoms with E-state index in [2.05, 4.69) is 4.90 Å². The molecule has 1 saturated heterocycles. The summed E-state index contributed by atoms with van der Waals surface area (Å²) in [7, 11) is 0. The fourth-order valence-corrected chi connectivity index (χ4v) is 4.45. The summed E-state index contributed by atoms with van der Waals surface area (Å²) < 4.78 is 16.1. The molecular formula is C22H26FN3O3. The number of hydrogen-bond acceptors (Lipinski definition) is 4. The normalized spacial score (nSPS) is 17.4. The zero-order valence-corrected chi connectivity index (χ0v) is 16.5. The Labute approximate surface area is 168 Å². The second-order valence-electron chi connectivity index (χ2n) is 8.00. The fourth-order valence-electron chi connectivity index (χ4n) is 4.45. The van der Waals surface area contributed by atoms with Crippen LogP contribution < -0.4 is 11.2 Å². The van der Waals surface area contributed by atoms with Gasteiger partial charge in [-0.15, -0.1) is 0 Å². The molecule has 0 saturated carbocycles. The number of hydrogen-bond donors (Lipinski definition) is 0. The van der Waals surface area contributed by atoms with Crippen molar-refractivity contribution in [1.82, 2.24) is 14.0 Å². The number of ketones is 1. The van der Waals surface area contributed by atoms with E-state index in [4.69, 9.17) is 0 Å². The number of benzene rings is 1. The van der Waals surface area contributed by atoms with Crippen molar-refractivity contribution in [3.63, 3.8) is 0 Å². The monoisotopic (exact) mass is 399 g/mol. The minimum Gasteiger partial charge on any atom is -0.303 e. The molecule has 2 aromatic rings. The summed E-state index contributed by atoms with van der Waals surface area (Å²) in [4.78, 5) is 39.6. The van der Waals surface area contributed by atoms with Gasteiger partial charge in [-0.3, -0.25) is 18.7 Å². The maximum Gasteiger partial charge on any atom is 0.331 e. The molecule has 2 aliphatic heterocycles. The van der Waals surface area contributed by atoms with Crippen LogP contribution in [0.1, 0.15) is 41.7 Å². The molecule has 2 aliphatic rings. The Kier molecular flexibility index (Phi) is 5.76. The van der Waals surface area contributed by atoms with E-state index < -0.39 is 0 Å². The van der Waals surface area contributed by atoms with Crippen molar-refractivity contribution < 1.29 is 9.18 Å². The zero-order valence-electron chi connectivity index (χ0n) is 16.5. The highest BCUT2D eigenvalue weighted by molar-refractivity contribution is 5.97. The smallest absolute Gasteiger partial charge is 0.303 e. The van der Waals surface area contributed by atoms with Gasteiger partial charge in [-0.2, -0.15) is 0 Å². The molecule has 0 aliphatic carbocycles. The zero-order chi connectivity index (χ0) is 20.4. The van der Waals surface area contributed by atoms with Crippen LogP contribution in [-0.2, 0) is 19.5 Å². The summed E-state index contributed by atoms with van der Waals surface area (Å²) in [6.45, 7) is 3.55. The number of halogens is 1. The van der Waals surface area contributed by atoms with Crippen molar-refractivity contribution in [3.8, 4) is 0 Å². The Morgan fingerprint density at radius 3 is 2.48 bits per heavy atom. The van der Waals surface area contributed by atoms with Crippen LogP contribution in [0.5, 0.6) is 0 Å². The fraction of sp³-hybridized carbons (Fsp3) is 0.500. The van der Waals surface area contributed by atoms with Crippen LogP contribution in [-0.4, -0.2) is 39.5 Å². The molecule has 3 heterocycles. The van der Waals surface area contributed by atoms with Gasteiger partial charge in [-0.05, 0) is 76.0 Å². The van der Waals surface area contributed by atoms with E-state index >= 15 is 0 Å². The van der Waals surface area contributed by atoms with E-state index in [1.807, 2.05) is 0 Å². The predicted molar refractivity (Wildman–Crippen MR) is 108 cm³/mol. The van der Waals surface area contributed by atoms with Crippen LogP contribution in [0.2, 0.25) is 0 Å². The van der Waals surface area contributed by atoms with Gasteiger partial charge in [-0.25, -0.2) is 9.18 Å². The first kappa shape index (κ1) is 19.8. The summed E-state index contributed by atoms with van der Waals surface area (Å²) in [5.41, 5.74) is 1.03. The van der Waals surface area contributed by atoms with E-state index in [0.717, 1.165) is 57.4 Å². The number of rotatable bonds is 6. The molecule has 154 valence electrons. The minimum absolute atomic E-state index is 0.0271. The van der Waals surface area contributed by atoms with Crippen molar-refractivity contribution >= 4 is 5.78 Å². The SMILES string of the molecule is O=C(c1ccc(F)cc1)C1CCN(CCCn2c(=O)cc3n(c2=O)CCC3)CC1. The highest BCUT2D eigenvalue weighted by Gasteiger charge is 2.25.